The number of benzene rings is 1. The van der Waals surface area contributed by atoms with Gasteiger partial charge in [-0.05, 0) is 17.0 Å². The molecule has 1 unspecified atom stereocenters. The Balaban J connectivity index is 2.15. The highest BCUT2D eigenvalue weighted by atomic mass is 35.5. The molecule has 0 saturated heterocycles. The maximum absolute atomic E-state index is 12.0. The molecule has 19 heavy (non-hydrogen) atoms. The van der Waals surface area contributed by atoms with Gasteiger partial charge in [-0.15, -0.1) is 11.6 Å². The number of fused-ring (bicyclic) bond motifs is 1. The average Bonchev–Trinajstić information content (AvgIpc) is 2.65. The van der Waals surface area contributed by atoms with Crippen LogP contribution in [0.5, 0.6) is 0 Å². The van der Waals surface area contributed by atoms with Crippen molar-refractivity contribution < 1.29 is 13.5 Å². The quantitative estimate of drug-likeness (QED) is 0.809. The molecule has 4 nitrogen and oxygen atoms in total. The molecule has 0 heterocycles. The fourth-order valence-electron chi connectivity index (χ4n) is 2.38. The summed E-state index contributed by atoms with van der Waals surface area (Å²) in [7, 11) is -3.45. The van der Waals surface area contributed by atoms with Gasteiger partial charge >= 0.3 is 0 Å². The highest BCUT2D eigenvalue weighted by Gasteiger charge is 2.33. The molecule has 3 atom stereocenters. The summed E-state index contributed by atoms with van der Waals surface area (Å²) in [6, 6.07) is 6.94. The van der Waals surface area contributed by atoms with Crippen LogP contribution >= 0.6 is 11.6 Å². The Kier molecular flexibility index (Phi) is 4.50. The van der Waals surface area contributed by atoms with Crippen LogP contribution in [0.25, 0.3) is 0 Å². The van der Waals surface area contributed by atoms with Crippen LogP contribution in [0.15, 0.2) is 24.3 Å². The summed E-state index contributed by atoms with van der Waals surface area (Å²) >= 11 is 5.64. The maximum atomic E-state index is 12.0. The number of halogens is 1. The standard InChI is InChI=1S/C13H18ClNO3S/c1-9(7-14)8-19(17,18)15-13-11-5-3-2-4-10(11)6-12(13)16/h2-5,9,12-13,15-16H,6-8H2,1H3/t9?,12-,13+/m1/s1. The molecule has 0 bridgehead atoms. The molecule has 2 rings (SSSR count). The molecule has 2 N–H and O–H groups in total. The Hall–Kier alpha value is -0.620. The Bertz CT molecular complexity index is 547. The first-order valence-corrected chi connectivity index (χ1v) is 8.43. The molecule has 0 fully saturated rings. The normalized spacial score (nSPS) is 24.2. The SMILES string of the molecule is CC(CCl)CS(=O)(=O)N[C@H]1c2ccccc2C[C@H]1O. The molecular weight excluding hydrogens is 286 g/mol. The fraction of sp³-hybridized carbons (Fsp3) is 0.538. The van der Waals surface area contributed by atoms with E-state index in [1.807, 2.05) is 24.3 Å². The first-order chi connectivity index (χ1) is 8.93. The zero-order chi connectivity index (χ0) is 14.0. The molecular formula is C13H18ClNO3S. The van der Waals surface area contributed by atoms with Gasteiger partial charge in [0.15, 0.2) is 0 Å². The second-order valence-corrected chi connectivity index (χ2v) is 7.21. The predicted molar refractivity (Wildman–Crippen MR) is 75.7 cm³/mol. The van der Waals surface area contributed by atoms with Gasteiger partial charge < -0.3 is 5.11 Å². The van der Waals surface area contributed by atoms with Crippen molar-refractivity contribution in [3.05, 3.63) is 35.4 Å². The second kappa shape index (κ2) is 5.79. The smallest absolute Gasteiger partial charge is 0.212 e. The lowest BCUT2D eigenvalue weighted by Gasteiger charge is -2.19. The number of nitrogens with one attached hydrogen (secondary N) is 1. The molecule has 1 aromatic carbocycles. The lowest BCUT2D eigenvalue weighted by atomic mass is 10.1. The average molecular weight is 304 g/mol. The van der Waals surface area contributed by atoms with E-state index >= 15 is 0 Å². The number of alkyl halides is 1. The molecule has 0 saturated carbocycles. The van der Waals surface area contributed by atoms with Crippen LogP contribution in [0.3, 0.4) is 0 Å². The fourth-order valence-corrected chi connectivity index (χ4v) is 4.25. The Morgan fingerprint density at radius 3 is 2.84 bits per heavy atom. The molecule has 0 amide bonds. The van der Waals surface area contributed by atoms with E-state index in [4.69, 9.17) is 11.6 Å². The van der Waals surface area contributed by atoms with E-state index < -0.39 is 22.2 Å². The van der Waals surface area contributed by atoms with E-state index in [0.717, 1.165) is 11.1 Å². The van der Waals surface area contributed by atoms with Gasteiger partial charge in [0.1, 0.15) is 0 Å². The monoisotopic (exact) mass is 303 g/mol. The van der Waals surface area contributed by atoms with Crippen LogP contribution in [-0.4, -0.2) is 31.3 Å². The van der Waals surface area contributed by atoms with Crippen LogP contribution in [-0.2, 0) is 16.4 Å². The lowest BCUT2D eigenvalue weighted by Crippen LogP contribution is -2.36. The van der Waals surface area contributed by atoms with E-state index in [2.05, 4.69) is 4.72 Å². The zero-order valence-corrected chi connectivity index (χ0v) is 12.3. The van der Waals surface area contributed by atoms with Crippen molar-refractivity contribution in [2.75, 3.05) is 11.6 Å². The van der Waals surface area contributed by atoms with Gasteiger partial charge in [-0.25, -0.2) is 13.1 Å². The van der Waals surface area contributed by atoms with Crippen LogP contribution in [0.2, 0.25) is 0 Å². The Morgan fingerprint density at radius 2 is 2.16 bits per heavy atom. The largest absolute Gasteiger partial charge is 0.391 e. The van der Waals surface area contributed by atoms with Gasteiger partial charge in [0.2, 0.25) is 10.0 Å². The molecule has 1 aliphatic rings. The molecule has 6 heteroatoms. The summed E-state index contributed by atoms with van der Waals surface area (Å²) in [6.45, 7) is 1.78. The summed E-state index contributed by atoms with van der Waals surface area (Å²) in [5.74, 6) is 0.153. The topological polar surface area (TPSA) is 66.4 Å². The summed E-state index contributed by atoms with van der Waals surface area (Å²) < 4.78 is 26.7. The van der Waals surface area contributed by atoms with E-state index in [0.29, 0.717) is 12.3 Å². The summed E-state index contributed by atoms with van der Waals surface area (Å²) in [6.07, 6.45) is -0.229. The number of rotatable bonds is 5. The van der Waals surface area contributed by atoms with Gasteiger partial charge in [0, 0.05) is 12.3 Å². The third-order valence-corrected chi connectivity index (χ3v) is 5.43. The van der Waals surface area contributed by atoms with Crippen molar-refractivity contribution in [1.82, 2.24) is 4.72 Å². The summed E-state index contributed by atoms with van der Waals surface area (Å²) in [4.78, 5) is 0. The number of sulfonamides is 1. The van der Waals surface area contributed by atoms with E-state index in [1.165, 1.54) is 0 Å². The number of aliphatic hydroxyl groups is 1. The van der Waals surface area contributed by atoms with Gasteiger partial charge in [0.25, 0.3) is 0 Å². The van der Waals surface area contributed by atoms with Crippen LogP contribution < -0.4 is 4.72 Å². The van der Waals surface area contributed by atoms with Crippen molar-refractivity contribution >= 4 is 21.6 Å². The minimum Gasteiger partial charge on any atom is -0.391 e. The zero-order valence-electron chi connectivity index (χ0n) is 10.7. The van der Waals surface area contributed by atoms with Crippen molar-refractivity contribution in [3.8, 4) is 0 Å². The van der Waals surface area contributed by atoms with E-state index in [9.17, 15) is 13.5 Å². The third kappa shape index (κ3) is 3.48. The van der Waals surface area contributed by atoms with Crippen molar-refractivity contribution in [1.29, 1.82) is 0 Å². The minimum absolute atomic E-state index is 0.0259. The molecule has 0 aliphatic heterocycles. The molecule has 0 radical (unpaired) electrons. The highest BCUT2D eigenvalue weighted by Crippen LogP contribution is 2.31. The first kappa shape index (κ1) is 14.8. The molecule has 0 spiro atoms. The minimum atomic E-state index is -3.45. The van der Waals surface area contributed by atoms with E-state index in [1.54, 1.807) is 6.92 Å². The van der Waals surface area contributed by atoms with E-state index in [-0.39, 0.29) is 11.7 Å². The summed E-state index contributed by atoms with van der Waals surface area (Å²) in [5.41, 5.74) is 1.85. The van der Waals surface area contributed by atoms with Crippen molar-refractivity contribution in [3.63, 3.8) is 0 Å². The molecule has 1 aromatic rings. The Labute approximate surface area is 118 Å². The van der Waals surface area contributed by atoms with Crippen molar-refractivity contribution in [2.45, 2.75) is 25.5 Å². The van der Waals surface area contributed by atoms with Crippen LogP contribution in [0.4, 0.5) is 0 Å². The Morgan fingerprint density at radius 1 is 1.47 bits per heavy atom. The number of hydrogen-bond acceptors (Lipinski definition) is 3. The van der Waals surface area contributed by atoms with Gasteiger partial charge in [-0.3, -0.25) is 0 Å². The van der Waals surface area contributed by atoms with Gasteiger partial charge in [-0.2, -0.15) is 0 Å². The number of aliphatic hydroxyl groups excluding tert-OH is 1. The number of hydrogen-bond donors (Lipinski definition) is 2. The predicted octanol–water partition coefficient (Wildman–Crippen LogP) is 1.44. The molecule has 1 aliphatic carbocycles. The van der Waals surface area contributed by atoms with Crippen LogP contribution in [0, 0.1) is 5.92 Å². The van der Waals surface area contributed by atoms with Gasteiger partial charge in [0.05, 0.1) is 17.9 Å². The summed E-state index contributed by atoms with van der Waals surface area (Å²) in [5, 5.41) is 10.0. The van der Waals surface area contributed by atoms with Gasteiger partial charge in [-0.1, -0.05) is 31.2 Å². The molecule has 0 aromatic heterocycles. The van der Waals surface area contributed by atoms with Crippen molar-refractivity contribution in [2.24, 2.45) is 5.92 Å². The molecule has 106 valence electrons. The maximum Gasteiger partial charge on any atom is 0.212 e. The lowest BCUT2D eigenvalue weighted by molar-refractivity contribution is 0.151. The second-order valence-electron chi connectivity index (χ2n) is 5.11. The highest BCUT2D eigenvalue weighted by molar-refractivity contribution is 7.89. The first-order valence-electron chi connectivity index (χ1n) is 6.25. The van der Waals surface area contributed by atoms with Crippen LogP contribution in [0.1, 0.15) is 24.1 Å². The third-order valence-electron chi connectivity index (χ3n) is 3.28.